The van der Waals surface area contributed by atoms with Crippen molar-refractivity contribution < 1.29 is 5.11 Å². The Bertz CT molecular complexity index is 573. The van der Waals surface area contributed by atoms with Crippen LogP contribution in [0.25, 0.3) is 11.0 Å². The normalized spacial score (nSPS) is 23.3. The molecule has 4 heteroatoms. The van der Waals surface area contributed by atoms with E-state index in [-0.39, 0.29) is 17.2 Å². The minimum absolute atomic E-state index is 0.203. The van der Waals surface area contributed by atoms with E-state index >= 15 is 0 Å². The highest BCUT2D eigenvalue weighted by Gasteiger charge is 2.35. The third kappa shape index (κ3) is 1.86. The second-order valence-corrected chi connectivity index (χ2v) is 5.80. The van der Waals surface area contributed by atoms with Gasteiger partial charge in [0.1, 0.15) is 11.6 Å². The average Bonchev–Trinajstić information content (AvgIpc) is 2.70. The van der Waals surface area contributed by atoms with Crippen molar-refractivity contribution in [3.63, 3.8) is 0 Å². The molecule has 1 aliphatic heterocycles. The SMILES string of the molecule is CC1(C)CCCNC1c1nc2ccc(O)cc2[nH]1. The van der Waals surface area contributed by atoms with Crippen molar-refractivity contribution in [2.45, 2.75) is 32.7 Å². The van der Waals surface area contributed by atoms with E-state index < -0.39 is 0 Å². The molecular formula is C14H19N3O. The lowest BCUT2D eigenvalue weighted by atomic mass is 9.77. The molecule has 1 unspecified atom stereocenters. The van der Waals surface area contributed by atoms with Crippen LogP contribution >= 0.6 is 0 Å². The number of nitrogens with one attached hydrogen (secondary N) is 2. The lowest BCUT2D eigenvalue weighted by Crippen LogP contribution is -2.40. The molecule has 1 atom stereocenters. The third-order valence-corrected chi connectivity index (χ3v) is 3.89. The quantitative estimate of drug-likeness (QED) is 0.724. The van der Waals surface area contributed by atoms with E-state index in [1.165, 1.54) is 12.8 Å². The number of phenols is 1. The van der Waals surface area contributed by atoms with Crippen molar-refractivity contribution >= 4 is 11.0 Å². The molecule has 0 aliphatic carbocycles. The molecular weight excluding hydrogens is 226 g/mol. The van der Waals surface area contributed by atoms with Crippen LogP contribution < -0.4 is 5.32 Å². The highest BCUT2D eigenvalue weighted by Crippen LogP contribution is 2.39. The summed E-state index contributed by atoms with van der Waals surface area (Å²) in [6.07, 6.45) is 2.41. The highest BCUT2D eigenvalue weighted by atomic mass is 16.3. The van der Waals surface area contributed by atoms with Gasteiger partial charge in [0.2, 0.25) is 0 Å². The number of imidazole rings is 1. The molecule has 1 saturated heterocycles. The van der Waals surface area contributed by atoms with E-state index in [0.717, 1.165) is 23.4 Å². The van der Waals surface area contributed by atoms with Crippen molar-refractivity contribution in [3.05, 3.63) is 24.0 Å². The summed E-state index contributed by atoms with van der Waals surface area (Å²) in [6, 6.07) is 5.50. The molecule has 2 heterocycles. The number of H-pyrrole nitrogens is 1. The largest absolute Gasteiger partial charge is 0.508 e. The second-order valence-electron chi connectivity index (χ2n) is 5.80. The van der Waals surface area contributed by atoms with E-state index in [9.17, 15) is 5.11 Å². The monoisotopic (exact) mass is 245 g/mol. The van der Waals surface area contributed by atoms with Crippen LogP contribution in [0.4, 0.5) is 0 Å². The molecule has 0 radical (unpaired) electrons. The Labute approximate surface area is 106 Å². The van der Waals surface area contributed by atoms with Crippen LogP contribution in [0.5, 0.6) is 5.75 Å². The number of aromatic nitrogens is 2. The standard InChI is InChI=1S/C14H19N3O/c1-14(2)6-3-7-15-12(14)13-16-10-5-4-9(18)8-11(10)17-13/h4-5,8,12,15,18H,3,6-7H2,1-2H3,(H,16,17). The Balaban J connectivity index is 2.03. The first-order chi connectivity index (χ1) is 8.56. The van der Waals surface area contributed by atoms with Gasteiger partial charge in [0.15, 0.2) is 0 Å². The zero-order valence-corrected chi connectivity index (χ0v) is 10.8. The number of piperidine rings is 1. The predicted octanol–water partition coefficient (Wildman–Crippen LogP) is 2.72. The van der Waals surface area contributed by atoms with E-state index in [4.69, 9.17) is 0 Å². The number of hydrogen-bond donors (Lipinski definition) is 3. The van der Waals surface area contributed by atoms with Gasteiger partial charge < -0.3 is 15.4 Å². The fraction of sp³-hybridized carbons (Fsp3) is 0.500. The summed E-state index contributed by atoms with van der Waals surface area (Å²) in [5.74, 6) is 1.24. The number of fused-ring (bicyclic) bond motifs is 1. The molecule has 3 N–H and O–H groups in total. The first-order valence-corrected chi connectivity index (χ1v) is 6.48. The van der Waals surface area contributed by atoms with Gasteiger partial charge in [-0.25, -0.2) is 4.98 Å². The smallest absolute Gasteiger partial charge is 0.125 e. The summed E-state index contributed by atoms with van der Waals surface area (Å²) in [4.78, 5) is 7.97. The van der Waals surface area contributed by atoms with Crippen molar-refractivity contribution in [3.8, 4) is 5.75 Å². The maximum Gasteiger partial charge on any atom is 0.125 e. The first-order valence-electron chi connectivity index (χ1n) is 6.48. The molecule has 1 aliphatic rings. The fourth-order valence-electron chi connectivity index (χ4n) is 2.83. The lowest BCUT2D eigenvalue weighted by Gasteiger charge is -2.38. The molecule has 0 amide bonds. The van der Waals surface area contributed by atoms with E-state index in [2.05, 4.69) is 29.1 Å². The van der Waals surface area contributed by atoms with E-state index in [1.807, 2.05) is 6.07 Å². The molecule has 1 aromatic carbocycles. The predicted molar refractivity (Wildman–Crippen MR) is 71.5 cm³/mol. The molecule has 4 nitrogen and oxygen atoms in total. The van der Waals surface area contributed by atoms with Crippen molar-refractivity contribution in [1.82, 2.24) is 15.3 Å². The lowest BCUT2D eigenvalue weighted by molar-refractivity contribution is 0.175. The number of phenolic OH excluding ortho intramolecular Hbond substituents is 1. The van der Waals surface area contributed by atoms with E-state index in [1.54, 1.807) is 12.1 Å². The average molecular weight is 245 g/mol. The summed E-state index contributed by atoms with van der Waals surface area (Å²) in [5.41, 5.74) is 2.01. The molecule has 96 valence electrons. The molecule has 0 saturated carbocycles. The fourth-order valence-corrected chi connectivity index (χ4v) is 2.83. The van der Waals surface area contributed by atoms with Crippen LogP contribution in [0.15, 0.2) is 18.2 Å². The Morgan fingerprint density at radius 3 is 3.00 bits per heavy atom. The summed E-state index contributed by atoms with van der Waals surface area (Å²) in [5, 5.41) is 13.0. The van der Waals surface area contributed by atoms with Gasteiger partial charge in [0.05, 0.1) is 17.1 Å². The molecule has 18 heavy (non-hydrogen) atoms. The minimum Gasteiger partial charge on any atom is -0.508 e. The van der Waals surface area contributed by atoms with Gasteiger partial charge in [0.25, 0.3) is 0 Å². The third-order valence-electron chi connectivity index (χ3n) is 3.89. The number of benzene rings is 1. The van der Waals surface area contributed by atoms with Crippen LogP contribution in [0.2, 0.25) is 0 Å². The van der Waals surface area contributed by atoms with Gasteiger partial charge in [0, 0.05) is 6.07 Å². The maximum atomic E-state index is 9.49. The van der Waals surface area contributed by atoms with Crippen LogP contribution in [0.1, 0.15) is 38.6 Å². The number of nitrogens with zero attached hydrogens (tertiary/aromatic N) is 1. The molecule has 1 aromatic heterocycles. The Morgan fingerprint density at radius 2 is 2.22 bits per heavy atom. The van der Waals surface area contributed by atoms with Crippen LogP contribution in [-0.4, -0.2) is 21.6 Å². The zero-order chi connectivity index (χ0) is 12.8. The molecule has 0 bridgehead atoms. The van der Waals surface area contributed by atoms with Crippen molar-refractivity contribution in [2.75, 3.05) is 6.54 Å². The van der Waals surface area contributed by atoms with E-state index in [0.29, 0.717) is 0 Å². The van der Waals surface area contributed by atoms with Gasteiger partial charge in [-0.15, -0.1) is 0 Å². The van der Waals surface area contributed by atoms with Gasteiger partial charge in [-0.1, -0.05) is 13.8 Å². The topological polar surface area (TPSA) is 60.9 Å². The number of aromatic amines is 1. The van der Waals surface area contributed by atoms with Crippen molar-refractivity contribution in [1.29, 1.82) is 0 Å². The summed E-state index contributed by atoms with van der Waals surface area (Å²) >= 11 is 0. The number of aromatic hydroxyl groups is 1. The van der Waals surface area contributed by atoms with Crippen molar-refractivity contribution in [2.24, 2.45) is 5.41 Å². The maximum absolute atomic E-state index is 9.49. The van der Waals surface area contributed by atoms with Crippen LogP contribution in [0.3, 0.4) is 0 Å². The number of hydrogen-bond acceptors (Lipinski definition) is 3. The molecule has 3 rings (SSSR count). The number of rotatable bonds is 1. The van der Waals surface area contributed by atoms with Gasteiger partial charge in [-0.3, -0.25) is 0 Å². The summed E-state index contributed by atoms with van der Waals surface area (Å²) in [7, 11) is 0. The molecule has 1 fully saturated rings. The van der Waals surface area contributed by atoms with Gasteiger partial charge >= 0.3 is 0 Å². The summed E-state index contributed by atoms with van der Waals surface area (Å²) < 4.78 is 0. The highest BCUT2D eigenvalue weighted by molar-refractivity contribution is 5.76. The van der Waals surface area contributed by atoms with Gasteiger partial charge in [-0.05, 0) is 36.9 Å². The first kappa shape index (κ1) is 11.5. The summed E-state index contributed by atoms with van der Waals surface area (Å²) in [6.45, 7) is 5.58. The Hall–Kier alpha value is -1.55. The van der Waals surface area contributed by atoms with Crippen LogP contribution in [0, 0.1) is 5.41 Å². The molecule has 2 aromatic rings. The zero-order valence-electron chi connectivity index (χ0n) is 10.8. The van der Waals surface area contributed by atoms with Gasteiger partial charge in [-0.2, -0.15) is 0 Å². The minimum atomic E-state index is 0.203. The molecule has 0 spiro atoms. The Morgan fingerprint density at radius 1 is 1.39 bits per heavy atom. The second kappa shape index (κ2) is 3.99. The Kier molecular flexibility index (Phi) is 2.55. The van der Waals surface area contributed by atoms with Crippen LogP contribution in [-0.2, 0) is 0 Å².